The Morgan fingerprint density at radius 3 is 2.42 bits per heavy atom. The molecule has 1 aliphatic carbocycles. The molecule has 0 radical (unpaired) electrons. The molecule has 3 atom stereocenters. The summed E-state index contributed by atoms with van der Waals surface area (Å²) in [5.74, 6) is 1.98. The van der Waals surface area contributed by atoms with Crippen LogP contribution in [0.1, 0.15) is 62.5 Å². The van der Waals surface area contributed by atoms with Gasteiger partial charge in [-0.25, -0.2) is 4.79 Å². The first-order chi connectivity index (χ1) is 20.7. The molecule has 1 amide bonds. The molecule has 2 fully saturated rings. The van der Waals surface area contributed by atoms with Gasteiger partial charge >= 0.3 is 6.09 Å². The van der Waals surface area contributed by atoms with Gasteiger partial charge in [0.05, 0.1) is 45.1 Å². The Hall–Kier alpha value is -2.86. The Labute approximate surface area is 256 Å². The Bertz CT molecular complexity index is 1330. The van der Waals surface area contributed by atoms with Gasteiger partial charge in [-0.3, -0.25) is 4.90 Å². The minimum Gasteiger partial charge on any atom is -0.497 e. The zero-order valence-corrected chi connectivity index (χ0v) is 26.5. The third-order valence-corrected chi connectivity index (χ3v) is 10.9. The predicted molar refractivity (Wildman–Crippen MR) is 163 cm³/mol. The second-order valence-electron chi connectivity index (χ2n) is 12.0. The standard InChI is InChI=1S/C32H45N3O7S/c1-23-19-30(34(43(37,38)33(2)3)21-24-9-13-27(39-4)14-10-24)31-22-42-28-15-11-25(12-16-28)26-7-5-8-29(20-26)40-17-6-18-41-32(36)35(23)31/h5,7-10,13-14,20,23,25,28,30-31H,6,11-12,15-19,21-22H2,1-4H3/t23-,25?,28?,30+,31+/m1/s1. The molecule has 3 heterocycles. The van der Waals surface area contributed by atoms with Gasteiger partial charge in [0, 0.05) is 33.1 Å². The average Bonchev–Trinajstić information content (AvgIpc) is 3.33. The van der Waals surface area contributed by atoms with E-state index in [2.05, 4.69) is 12.1 Å². The molecule has 0 aromatic heterocycles. The Morgan fingerprint density at radius 1 is 1.00 bits per heavy atom. The van der Waals surface area contributed by atoms with Crippen molar-refractivity contribution in [2.24, 2.45) is 0 Å². The van der Waals surface area contributed by atoms with Crippen LogP contribution in [0.4, 0.5) is 4.79 Å². The second-order valence-corrected chi connectivity index (χ2v) is 14.1. The van der Waals surface area contributed by atoms with Crippen molar-refractivity contribution in [3.63, 3.8) is 0 Å². The van der Waals surface area contributed by atoms with Crippen molar-refractivity contribution in [1.82, 2.24) is 13.5 Å². The molecule has 2 aromatic rings. The van der Waals surface area contributed by atoms with Crippen LogP contribution < -0.4 is 9.47 Å². The minimum atomic E-state index is -3.85. The number of nitrogens with zero attached hydrogens (tertiary/aromatic N) is 3. The summed E-state index contributed by atoms with van der Waals surface area (Å²) < 4.78 is 53.9. The molecule has 0 unspecified atom stereocenters. The highest BCUT2D eigenvalue weighted by Gasteiger charge is 2.49. The van der Waals surface area contributed by atoms with Crippen LogP contribution >= 0.6 is 0 Å². The molecular weight excluding hydrogens is 570 g/mol. The molecule has 10 nitrogen and oxygen atoms in total. The molecule has 11 heteroatoms. The SMILES string of the molecule is COc1ccc(CN([C@H]2C[C@@H](C)N3C(=O)OCCCOc4cccc(c4)C4CCC(CC4)OC[C@@H]23)S(=O)(=O)N(C)C)cc1. The number of fused-ring (bicyclic) bond motifs is 8. The van der Waals surface area contributed by atoms with E-state index in [-0.39, 0.29) is 31.9 Å². The molecule has 4 aliphatic rings. The number of carbonyl (C=O) groups is 1. The summed E-state index contributed by atoms with van der Waals surface area (Å²) in [6, 6.07) is 14.4. The molecule has 2 aromatic carbocycles. The van der Waals surface area contributed by atoms with E-state index in [1.807, 2.05) is 43.3 Å². The van der Waals surface area contributed by atoms with Crippen molar-refractivity contribution in [2.45, 2.75) is 82.1 Å². The van der Waals surface area contributed by atoms with E-state index in [0.29, 0.717) is 31.1 Å². The molecule has 4 bridgehead atoms. The summed E-state index contributed by atoms with van der Waals surface area (Å²) in [6.07, 6.45) is 4.42. The summed E-state index contributed by atoms with van der Waals surface area (Å²) in [5.41, 5.74) is 2.11. The highest BCUT2D eigenvalue weighted by Crippen LogP contribution is 2.37. The topological polar surface area (TPSA) is 97.9 Å². The van der Waals surface area contributed by atoms with Gasteiger partial charge in [-0.05, 0) is 80.3 Å². The van der Waals surface area contributed by atoms with Crippen LogP contribution in [-0.2, 0) is 26.2 Å². The number of hydrogen-bond donors (Lipinski definition) is 0. The molecule has 1 saturated heterocycles. The van der Waals surface area contributed by atoms with E-state index in [9.17, 15) is 13.2 Å². The summed E-state index contributed by atoms with van der Waals surface area (Å²) >= 11 is 0. The normalized spacial score (nSPS) is 27.0. The zero-order chi connectivity index (χ0) is 30.6. The first-order valence-corrected chi connectivity index (χ1v) is 16.7. The first-order valence-electron chi connectivity index (χ1n) is 15.3. The van der Waals surface area contributed by atoms with Gasteiger partial charge in [0.25, 0.3) is 10.2 Å². The Morgan fingerprint density at radius 2 is 1.72 bits per heavy atom. The lowest BCUT2D eigenvalue weighted by Gasteiger charge is -2.37. The van der Waals surface area contributed by atoms with Crippen molar-refractivity contribution in [3.8, 4) is 11.5 Å². The summed E-state index contributed by atoms with van der Waals surface area (Å²) in [7, 11) is 0.816. The molecule has 1 saturated carbocycles. The maximum atomic E-state index is 13.8. The summed E-state index contributed by atoms with van der Waals surface area (Å²) in [6.45, 7) is 2.98. The van der Waals surface area contributed by atoms with Crippen LogP contribution in [-0.4, -0.2) is 93.3 Å². The van der Waals surface area contributed by atoms with E-state index in [4.69, 9.17) is 18.9 Å². The number of carbonyl (C=O) groups excluding carboxylic acids is 1. The van der Waals surface area contributed by atoms with Crippen LogP contribution in [0.5, 0.6) is 11.5 Å². The van der Waals surface area contributed by atoms with Gasteiger partial charge in [0.2, 0.25) is 0 Å². The monoisotopic (exact) mass is 615 g/mol. The Kier molecular flexibility index (Phi) is 10.2. The van der Waals surface area contributed by atoms with E-state index in [1.165, 1.54) is 28.3 Å². The van der Waals surface area contributed by atoms with Gasteiger partial charge in [-0.15, -0.1) is 0 Å². The van der Waals surface area contributed by atoms with Gasteiger partial charge in [-0.2, -0.15) is 17.0 Å². The van der Waals surface area contributed by atoms with Gasteiger partial charge < -0.3 is 18.9 Å². The molecule has 0 N–H and O–H groups in total. The van der Waals surface area contributed by atoms with Crippen LogP contribution in [0.15, 0.2) is 48.5 Å². The first kappa shape index (κ1) is 31.6. The van der Waals surface area contributed by atoms with Crippen molar-refractivity contribution < 1.29 is 32.2 Å². The fourth-order valence-corrected chi connectivity index (χ4v) is 7.88. The number of rotatable bonds is 6. The van der Waals surface area contributed by atoms with E-state index >= 15 is 0 Å². The largest absolute Gasteiger partial charge is 0.497 e. The van der Waals surface area contributed by atoms with E-state index < -0.39 is 28.4 Å². The smallest absolute Gasteiger partial charge is 0.410 e. The molecule has 0 spiro atoms. The van der Waals surface area contributed by atoms with Crippen molar-refractivity contribution in [1.29, 1.82) is 0 Å². The highest BCUT2D eigenvalue weighted by molar-refractivity contribution is 7.86. The summed E-state index contributed by atoms with van der Waals surface area (Å²) in [5, 5.41) is 0. The number of hydrogen-bond acceptors (Lipinski definition) is 7. The second kappa shape index (κ2) is 13.8. The minimum absolute atomic E-state index is 0.0429. The van der Waals surface area contributed by atoms with Crippen LogP contribution in [0.3, 0.4) is 0 Å². The third kappa shape index (κ3) is 7.28. The highest BCUT2D eigenvalue weighted by atomic mass is 32.2. The lowest BCUT2D eigenvalue weighted by molar-refractivity contribution is -0.0160. The number of amides is 1. The van der Waals surface area contributed by atoms with Crippen LogP contribution in [0.25, 0.3) is 0 Å². The van der Waals surface area contributed by atoms with E-state index in [0.717, 1.165) is 37.0 Å². The predicted octanol–water partition coefficient (Wildman–Crippen LogP) is 4.80. The maximum Gasteiger partial charge on any atom is 0.410 e. The van der Waals surface area contributed by atoms with Crippen molar-refractivity contribution in [2.75, 3.05) is 41.0 Å². The molecular formula is C32H45N3O7S. The zero-order valence-electron chi connectivity index (χ0n) is 25.7. The van der Waals surface area contributed by atoms with Gasteiger partial charge in [0.1, 0.15) is 11.5 Å². The third-order valence-electron chi connectivity index (χ3n) is 8.98. The fraction of sp³-hybridized carbons (Fsp3) is 0.594. The molecule has 43 heavy (non-hydrogen) atoms. The number of ether oxygens (including phenoxy) is 4. The fourth-order valence-electron chi connectivity index (χ4n) is 6.58. The maximum absolute atomic E-state index is 13.8. The van der Waals surface area contributed by atoms with Gasteiger partial charge in [-0.1, -0.05) is 24.3 Å². The summed E-state index contributed by atoms with van der Waals surface area (Å²) in [4.78, 5) is 15.2. The molecule has 3 aliphatic heterocycles. The number of methoxy groups -OCH3 is 1. The van der Waals surface area contributed by atoms with Gasteiger partial charge in [0.15, 0.2) is 0 Å². The lowest BCUT2D eigenvalue weighted by atomic mass is 9.82. The van der Waals surface area contributed by atoms with Crippen molar-refractivity contribution in [3.05, 3.63) is 59.7 Å². The Balaban J connectivity index is 1.42. The molecule has 6 rings (SSSR count). The van der Waals surface area contributed by atoms with Crippen LogP contribution in [0, 0.1) is 0 Å². The van der Waals surface area contributed by atoms with Crippen molar-refractivity contribution >= 4 is 16.3 Å². The van der Waals surface area contributed by atoms with E-state index in [1.54, 1.807) is 12.0 Å². The average molecular weight is 616 g/mol. The number of benzene rings is 2. The quantitative estimate of drug-likeness (QED) is 0.461. The molecule has 236 valence electrons. The van der Waals surface area contributed by atoms with Crippen LogP contribution in [0.2, 0.25) is 0 Å². The lowest BCUT2D eigenvalue weighted by Crippen LogP contribution is -2.54.